The van der Waals surface area contributed by atoms with Crippen molar-refractivity contribution in [3.63, 3.8) is 0 Å². The third-order valence-corrected chi connectivity index (χ3v) is 2.97. The average Bonchev–Trinajstić information content (AvgIpc) is 2.29. The van der Waals surface area contributed by atoms with Crippen molar-refractivity contribution < 1.29 is 4.92 Å². The topological polar surface area (TPSA) is 67.2 Å². The van der Waals surface area contributed by atoms with Crippen molar-refractivity contribution in [2.75, 3.05) is 17.2 Å². The Morgan fingerprint density at radius 1 is 1.28 bits per heavy atom. The van der Waals surface area contributed by atoms with Crippen molar-refractivity contribution in [1.29, 1.82) is 0 Å². The molecular formula is C13H21N3O2. The normalized spacial score (nSPS) is 12.3. The van der Waals surface area contributed by atoms with E-state index >= 15 is 0 Å². The molecular weight excluding hydrogens is 230 g/mol. The SMILES string of the molecule is CCNc1cccc(NC(C)C(C)C)c1[N+](=O)[O-]. The molecule has 0 aliphatic carbocycles. The van der Waals surface area contributed by atoms with E-state index in [9.17, 15) is 10.1 Å². The predicted octanol–water partition coefficient (Wildman–Crippen LogP) is 3.48. The van der Waals surface area contributed by atoms with Crippen LogP contribution in [0.25, 0.3) is 0 Å². The van der Waals surface area contributed by atoms with E-state index in [4.69, 9.17) is 0 Å². The Kier molecular flexibility index (Phi) is 4.95. The first kappa shape index (κ1) is 14.3. The Morgan fingerprint density at radius 2 is 1.89 bits per heavy atom. The van der Waals surface area contributed by atoms with Crippen molar-refractivity contribution in [1.82, 2.24) is 0 Å². The molecule has 0 saturated carbocycles. The molecule has 0 aromatic heterocycles. The first-order chi connectivity index (χ1) is 8.47. The quantitative estimate of drug-likeness (QED) is 0.600. The van der Waals surface area contributed by atoms with Crippen LogP contribution in [0.2, 0.25) is 0 Å². The van der Waals surface area contributed by atoms with Gasteiger partial charge in [0.15, 0.2) is 0 Å². The van der Waals surface area contributed by atoms with E-state index in [0.29, 0.717) is 23.8 Å². The van der Waals surface area contributed by atoms with Crippen molar-refractivity contribution in [2.24, 2.45) is 5.92 Å². The van der Waals surface area contributed by atoms with Crippen molar-refractivity contribution in [3.8, 4) is 0 Å². The second-order valence-electron chi connectivity index (χ2n) is 4.67. The highest BCUT2D eigenvalue weighted by molar-refractivity contribution is 5.76. The van der Waals surface area contributed by atoms with Crippen LogP contribution in [0.5, 0.6) is 0 Å². The second-order valence-corrected chi connectivity index (χ2v) is 4.67. The van der Waals surface area contributed by atoms with Crippen LogP contribution in [0.15, 0.2) is 18.2 Å². The molecule has 0 radical (unpaired) electrons. The lowest BCUT2D eigenvalue weighted by molar-refractivity contribution is -0.383. The molecule has 1 rings (SSSR count). The average molecular weight is 251 g/mol. The maximum atomic E-state index is 11.2. The predicted molar refractivity (Wildman–Crippen MR) is 75.2 cm³/mol. The minimum atomic E-state index is -0.340. The van der Waals surface area contributed by atoms with Crippen molar-refractivity contribution in [2.45, 2.75) is 33.7 Å². The van der Waals surface area contributed by atoms with Crippen LogP contribution in [0.3, 0.4) is 0 Å². The van der Waals surface area contributed by atoms with Crippen molar-refractivity contribution >= 4 is 17.1 Å². The van der Waals surface area contributed by atoms with Crippen LogP contribution < -0.4 is 10.6 Å². The number of anilines is 2. The maximum absolute atomic E-state index is 11.2. The highest BCUT2D eigenvalue weighted by Gasteiger charge is 2.20. The number of nitrogens with zero attached hydrogens (tertiary/aromatic N) is 1. The lowest BCUT2D eigenvalue weighted by atomic mass is 10.1. The molecule has 5 heteroatoms. The van der Waals surface area contributed by atoms with Crippen LogP contribution in [0.1, 0.15) is 27.7 Å². The third kappa shape index (κ3) is 3.35. The first-order valence-corrected chi connectivity index (χ1v) is 6.25. The molecule has 0 aliphatic heterocycles. The second kappa shape index (κ2) is 6.23. The van der Waals surface area contributed by atoms with Gasteiger partial charge in [0.25, 0.3) is 0 Å². The Balaban J connectivity index is 3.10. The summed E-state index contributed by atoms with van der Waals surface area (Å²) in [7, 11) is 0. The third-order valence-electron chi connectivity index (χ3n) is 2.97. The van der Waals surface area contributed by atoms with Crippen molar-refractivity contribution in [3.05, 3.63) is 28.3 Å². The van der Waals surface area contributed by atoms with Gasteiger partial charge in [0.2, 0.25) is 0 Å². The Hall–Kier alpha value is -1.78. The van der Waals surface area contributed by atoms with Gasteiger partial charge in [-0.15, -0.1) is 0 Å². The standard InChI is InChI=1S/C13H21N3O2/c1-5-14-11-7-6-8-12(13(11)16(17)18)15-10(4)9(2)3/h6-10,14-15H,5H2,1-4H3. The van der Waals surface area contributed by atoms with Crippen LogP contribution in [-0.4, -0.2) is 17.5 Å². The molecule has 1 atom stereocenters. The monoisotopic (exact) mass is 251 g/mol. The zero-order chi connectivity index (χ0) is 13.7. The van der Waals surface area contributed by atoms with Crippen LogP contribution in [-0.2, 0) is 0 Å². The Morgan fingerprint density at radius 3 is 2.39 bits per heavy atom. The number of hydrogen-bond acceptors (Lipinski definition) is 4. The van der Waals surface area contributed by atoms with Gasteiger partial charge in [-0.25, -0.2) is 0 Å². The van der Waals surface area contributed by atoms with E-state index in [1.54, 1.807) is 12.1 Å². The van der Waals surface area contributed by atoms with Gasteiger partial charge in [0, 0.05) is 12.6 Å². The number of nitrogens with one attached hydrogen (secondary N) is 2. The van der Waals surface area contributed by atoms with Crippen LogP contribution in [0.4, 0.5) is 17.1 Å². The number of rotatable bonds is 6. The molecule has 0 saturated heterocycles. The highest BCUT2D eigenvalue weighted by atomic mass is 16.6. The molecule has 1 aromatic rings. The number of para-hydroxylation sites is 1. The minimum absolute atomic E-state index is 0.117. The summed E-state index contributed by atoms with van der Waals surface area (Å²) in [6, 6.07) is 5.48. The molecule has 1 aromatic carbocycles. The summed E-state index contributed by atoms with van der Waals surface area (Å²) in [5, 5.41) is 17.4. The van der Waals surface area contributed by atoms with E-state index in [-0.39, 0.29) is 16.7 Å². The molecule has 0 aliphatic rings. The first-order valence-electron chi connectivity index (χ1n) is 6.25. The molecule has 100 valence electrons. The molecule has 0 heterocycles. The minimum Gasteiger partial charge on any atom is -0.380 e. The number of nitro groups is 1. The fourth-order valence-electron chi connectivity index (χ4n) is 1.60. The molecule has 0 bridgehead atoms. The van der Waals surface area contributed by atoms with Crippen LogP contribution in [0, 0.1) is 16.0 Å². The number of nitro benzene ring substituents is 1. The van der Waals surface area contributed by atoms with Gasteiger partial charge in [0.1, 0.15) is 11.4 Å². The lowest BCUT2D eigenvalue weighted by Gasteiger charge is -2.19. The smallest absolute Gasteiger partial charge is 0.315 e. The fourth-order valence-corrected chi connectivity index (χ4v) is 1.60. The summed E-state index contributed by atoms with van der Waals surface area (Å²) in [6.45, 7) is 8.76. The summed E-state index contributed by atoms with van der Waals surface area (Å²) in [6.07, 6.45) is 0. The van der Waals surface area contributed by atoms with Gasteiger partial charge >= 0.3 is 5.69 Å². The molecule has 5 nitrogen and oxygen atoms in total. The fraction of sp³-hybridized carbons (Fsp3) is 0.538. The number of hydrogen-bond donors (Lipinski definition) is 2. The molecule has 0 spiro atoms. The van der Waals surface area contributed by atoms with Crippen LogP contribution >= 0.6 is 0 Å². The molecule has 0 fully saturated rings. The van der Waals surface area contributed by atoms with Gasteiger partial charge in [-0.3, -0.25) is 10.1 Å². The number of benzene rings is 1. The largest absolute Gasteiger partial charge is 0.380 e. The van der Waals surface area contributed by atoms with E-state index < -0.39 is 0 Å². The van der Waals surface area contributed by atoms with E-state index in [1.165, 1.54) is 0 Å². The van der Waals surface area contributed by atoms with E-state index in [2.05, 4.69) is 24.5 Å². The summed E-state index contributed by atoms with van der Waals surface area (Å²) >= 11 is 0. The van der Waals surface area contributed by atoms with Gasteiger partial charge in [0.05, 0.1) is 4.92 Å². The summed E-state index contributed by atoms with van der Waals surface area (Å²) < 4.78 is 0. The Labute approximate surface area is 108 Å². The zero-order valence-electron chi connectivity index (χ0n) is 11.4. The van der Waals surface area contributed by atoms with Gasteiger partial charge < -0.3 is 10.6 Å². The van der Waals surface area contributed by atoms with E-state index in [1.807, 2.05) is 19.9 Å². The lowest BCUT2D eigenvalue weighted by Crippen LogP contribution is -2.22. The van der Waals surface area contributed by atoms with Gasteiger partial charge in [-0.2, -0.15) is 0 Å². The summed E-state index contributed by atoms with van der Waals surface area (Å²) in [5.41, 5.74) is 1.25. The van der Waals surface area contributed by atoms with Gasteiger partial charge in [-0.05, 0) is 31.9 Å². The molecule has 0 amide bonds. The molecule has 18 heavy (non-hydrogen) atoms. The highest BCUT2D eigenvalue weighted by Crippen LogP contribution is 2.33. The molecule has 2 N–H and O–H groups in total. The van der Waals surface area contributed by atoms with E-state index in [0.717, 1.165) is 0 Å². The zero-order valence-corrected chi connectivity index (χ0v) is 11.4. The summed E-state index contributed by atoms with van der Waals surface area (Å²) in [4.78, 5) is 10.9. The molecule has 1 unspecified atom stereocenters. The maximum Gasteiger partial charge on any atom is 0.315 e. The van der Waals surface area contributed by atoms with Gasteiger partial charge in [-0.1, -0.05) is 19.9 Å². The Bertz CT molecular complexity index is 419. The summed E-state index contributed by atoms with van der Waals surface area (Å²) in [5.74, 6) is 0.410.